The second-order valence-corrected chi connectivity index (χ2v) is 21.7. The van der Waals surface area contributed by atoms with Gasteiger partial charge in [-0.3, -0.25) is 9.36 Å². The molecule has 0 spiro atoms. The molecule has 0 saturated heterocycles. The molecule has 0 aliphatic carbocycles. The van der Waals surface area contributed by atoms with Gasteiger partial charge in [0.2, 0.25) is 5.91 Å². The highest BCUT2D eigenvalue weighted by Gasteiger charge is 2.23. The lowest BCUT2D eigenvalue weighted by Gasteiger charge is -2.29. The summed E-state index contributed by atoms with van der Waals surface area (Å²) in [6.45, 7) is 4.62. The second-order valence-electron chi connectivity index (χ2n) is 20.3. The molecule has 392 valence electrons. The first-order valence-corrected chi connectivity index (χ1v) is 29.6. The fourth-order valence-corrected chi connectivity index (χ4v) is 8.70. The third-order valence-electron chi connectivity index (χ3n) is 12.4. The topological polar surface area (TPSA) is 108 Å². The lowest BCUT2D eigenvalue weighted by Crippen LogP contribution is -2.45. The van der Waals surface area contributed by atoms with Gasteiger partial charge in [-0.2, -0.15) is 0 Å². The van der Waals surface area contributed by atoms with Crippen LogP contribution in [-0.4, -0.2) is 68.5 Å². The average Bonchev–Trinajstić information content (AvgIpc) is 3.29. The van der Waals surface area contributed by atoms with Crippen LogP contribution in [0.4, 0.5) is 0 Å². The molecular formula is C58H109N2O6P. The molecule has 0 fully saturated rings. The summed E-state index contributed by atoms with van der Waals surface area (Å²) in [7, 11) is 1.23. The van der Waals surface area contributed by atoms with Gasteiger partial charge in [0.05, 0.1) is 39.9 Å². The highest BCUT2D eigenvalue weighted by Crippen LogP contribution is 2.38. The zero-order chi connectivity index (χ0) is 49.2. The van der Waals surface area contributed by atoms with Gasteiger partial charge >= 0.3 is 0 Å². The Morgan fingerprint density at radius 1 is 0.522 bits per heavy atom. The number of aliphatic hydroxyl groups is 1. The molecule has 8 nitrogen and oxygen atoms in total. The van der Waals surface area contributed by atoms with E-state index in [4.69, 9.17) is 9.05 Å². The number of carbonyl (C=O) groups excluding carboxylic acids is 1. The van der Waals surface area contributed by atoms with Crippen LogP contribution >= 0.6 is 7.82 Å². The fourth-order valence-electron chi connectivity index (χ4n) is 7.98. The molecular weight excluding hydrogens is 852 g/mol. The Morgan fingerprint density at radius 3 is 1.30 bits per heavy atom. The number of phosphoric ester groups is 1. The van der Waals surface area contributed by atoms with Gasteiger partial charge in [-0.05, 0) is 77.0 Å². The van der Waals surface area contributed by atoms with E-state index in [-0.39, 0.29) is 12.5 Å². The van der Waals surface area contributed by atoms with Gasteiger partial charge in [0.1, 0.15) is 13.2 Å². The minimum atomic E-state index is -4.61. The lowest BCUT2D eigenvalue weighted by atomic mass is 10.0. The first-order chi connectivity index (χ1) is 32.5. The number of rotatable bonds is 51. The standard InChI is InChI=1S/C58H109N2O6P/c1-6-8-10-12-14-16-18-20-22-24-26-28-29-30-32-33-35-37-39-41-43-45-47-49-51-57(61)56(55-66-67(63,64)65-54-53-60(3,4)5)59-58(62)52-50-48-46-44-42-40-38-36-34-31-27-25-23-21-19-17-15-13-11-9-7-2/h19,21,25,27,33,35,41,43,49,51,56-57,61H,6-18,20,22-24,26,28-32,34,36-40,42,44-48,50,52-55H2,1-5H3,(H-,59,62,63,64)/b21-19-,27-25-,35-33+,43-41+,51-49+. The van der Waals surface area contributed by atoms with Crippen molar-refractivity contribution in [3.63, 3.8) is 0 Å². The predicted octanol–water partition coefficient (Wildman–Crippen LogP) is 16.3. The summed E-state index contributed by atoms with van der Waals surface area (Å²) in [6, 6.07) is -0.915. The van der Waals surface area contributed by atoms with Crippen molar-refractivity contribution in [2.75, 3.05) is 40.9 Å². The Bertz CT molecular complexity index is 1270. The maximum Gasteiger partial charge on any atom is 0.268 e. The predicted molar refractivity (Wildman–Crippen MR) is 288 cm³/mol. The van der Waals surface area contributed by atoms with Crippen LogP contribution in [0, 0.1) is 0 Å². The number of aliphatic hydroxyl groups excluding tert-OH is 1. The molecule has 0 rings (SSSR count). The molecule has 0 saturated carbocycles. The van der Waals surface area contributed by atoms with Crippen LogP contribution in [-0.2, 0) is 18.4 Å². The third kappa shape index (κ3) is 51.9. The van der Waals surface area contributed by atoms with Gasteiger partial charge < -0.3 is 28.8 Å². The number of hydrogen-bond acceptors (Lipinski definition) is 6. The maximum absolute atomic E-state index is 12.9. The summed E-state index contributed by atoms with van der Waals surface area (Å²) < 4.78 is 23.3. The number of likely N-dealkylation sites (N-methyl/N-ethyl adjacent to an activating group) is 1. The van der Waals surface area contributed by atoms with Crippen LogP contribution in [0.2, 0.25) is 0 Å². The smallest absolute Gasteiger partial charge is 0.268 e. The van der Waals surface area contributed by atoms with Gasteiger partial charge in [0.15, 0.2) is 0 Å². The molecule has 0 bridgehead atoms. The number of hydrogen-bond donors (Lipinski definition) is 2. The van der Waals surface area contributed by atoms with Crippen molar-refractivity contribution in [3.8, 4) is 0 Å². The normalized spacial score (nSPS) is 14.4. The Balaban J connectivity index is 4.33. The molecule has 0 aromatic heterocycles. The molecule has 3 atom stereocenters. The quantitative estimate of drug-likeness (QED) is 0.0272. The van der Waals surface area contributed by atoms with Crippen molar-refractivity contribution >= 4 is 13.7 Å². The summed E-state index contributed by atoms with van der Waals surface area (Å²) in [5.41, 5.74) is 0. The van der Waals surface area contributed by atoms with Crippen LogP contribution in [0.15, 0.2) is 60.8 Å². The monoisotopic (exact) mass is 961 g/mol. The Kier molecular flexibility index (Phi) is 47.9. The van der Waals surface area contributed by atoms with Crippen molar-refractivity contribution in [3.05, 3.63) is 60.8 Å². The van der Waals surface area contributed by atoms with Crippen LogP contribution in [0.5, 0.6) is 0 Å². The van der Waals surface area contributed by atoms with E-state index in [1.54, 1.807) is 6.08 Å². The zero-order valence-corrected chi connectivity index (χ0v) is 45.5. The Morgan fingerprint density at radius 2 is 0.881 bits per heavy atom. The van der Waals surface area contributed by atoms with E-state index in [1.165, 1.54) is 180 Å². The highest BCUT2D eigenvalue weighted by molar-refractivity contribution is 7.45. The summed E-state index contributed by atoms with van der Waals surface area (Å²) in [5.74, 6) is -0.216. The molecule has 0 heterocycles. The van der Waals surface area contributed by atoms with Crippen LogP contribution in [0.3, 0.4) is 0 Å². The van der Waals surface area contributed by atoms with Crippen LogP contribution < -0.4 is 10.2 Å². The summed E-state index contributed by atoms with van der Waals surface area (Å²) in [5, 5.41) is 13.9. The summed E-state index contributed by atoms with van der Waals surface area (Å²) in [4.78, 5) is 25.5. The Labute approximate surface area is 415 Å². The number of carbonyl (C=O) groups is 1. The van der Waals surface area contributed by atoms with Crippen molar-refractivity contribution in [1.82, 2.24) is 5.32 Å². The molecule has 9 heteroatoms. The molecule has 3 unspecified atom stereocenters. The Hall–Kier alpha value is -1.80. The van der Waals surface area contributed by atoms with Gasteiger partial charge in [-0.15, -0.1) is 0 Å². The maximum atomic E-state index is 12.9. The average molecular weight is 961 g/mol. The van der Waals surface area contributed by atoms with E-state index in [2.05, 4.69) is 67.8 Å². The minimum Gasteiger partial charge on any atom is -0.756 e. The number of phosphoric acid groups is 1. The van der Waals surface area contributed by atoms with E-state index in [0.717, 1.165) is 51.4 Å². The van der Waals surface area contributed by atoms with Gasteiger partial charge in [0.25, 0.3) is 7.82 Å². The molecule has 1 amide bonds. The molecule has 67 heavy (non-hydrogen) atoms. The highest BCUT2D eigenvalue weighted by atomic mass is 31.2. The molecule has 0 aromatic carbocycles. The van der Waals surface area contributed by atoms with Gasteiger partial charge in [0, 0.05) is 6.42 Å². The fraction of sp³-hybridized carbons (Fsp3) is 0.810. The van der Waals surface area contributed by atoms with E-state index < -0.39 is 26.6 Å². The molecule has 0 radical (unpaired) electrons. The zero-order valence-electron chi connectivity index (χ0n) is 44.6. The molecule has 0 aliphatic rings. The number of nitrogens with zero attached hydrogens (tertiary/aromatic N) is 1. The number of amides is 1. The number of nitrogens with one attached hydrogen (secondary N) is 1. The number of allylic oxidation sites excluding steroid dienone is 9. The van der Waals surface area contributed by atoms with Gasteiger partial charge in [-0.25, -0.2) is 0 Å². The third-order valence-corrected chi connectivity index (χ3v) is 13.4. The van der Waals surface area contributed by atoms with E-state index in [9.17, 15) is 19.4 Å². The largest absolute Gasteiger partial charge is 0.756 e. The van der Waals surface area contributed by atoms with Crippen LogP contribution in [0.1, 0.15) is 251 Å². The van der Waals surface area contributed by atoms with Crippen molar-refractivity contribution in [2.24, 2.45) is 0 Å². The second kappa shape index (κ2) is 49.2. The summed E-state index contributed by atoms with van der Waals surface area (Å²) in [6.07, 6.45) is 65.8. The number of quaternary nitrogens is 1. The van der Waals surface area contributed by atoms with Crippen LogP contribution in [0.25, 0.3) is 0 Å². The minimum absolute atomic E-state index is 0.0116. The first-order valence-electron chi connectivity index (χ1n) is 28.2. The van der Waals surface area contributed by atoms with Crippen molar-refractivity contribution in [1.29, 1.82) is 0 Å². The lowest BCUT2D eigenvalue weighted by molar-refractivity contribution is -0.870. The SMILES string of the molecule is CCCCCCC/C=C\C/C=C\CCCCCCCCCCCC(=O)NC(COP(=O)([O-])OCC[N+](C)(C)C)C(O)/C=C/CC/C=C/CC/C=C/CCCCCCCCCCCCCCCC. The first kappa shape index (κ1) is 65.2. The van der Waals surface area contributed by atoms with E-state index >= 15 is 0 Å². The molecule has 0 aromatic rings. The molecule has 2 N–H and O–H groups in total. The summed E-state index contributed by atoms with van der Waals surface area (Å²) >= 11 is 0. The van der Waals surface area contributed by atoms with Crippen molar-refractivity contribution in [2.45, 2.75) is 264 Å². The van der Waals surface area contributed by atoms with E-state index in [0.29, 0.717) is 17.4 Å². The van der Waals surface area contributed by atoms with E-state index in [1.807, 2.05) is 27.2 Å². The number of unbranched alkanes of at least 4 members (excludes halogenated alkanes) is 30. The molecule has 0 aliphatic heterocycles. The van der Waals surface area contributed by atoms with Crippen molar-refractivity contribution < 1.29 is 32.9 Å². The van der Waals surface area contributed by atoms with Gasteiger partial charge in [-0.1, -0.05) is 229 Å².